The molecule has 1 heterocycles. The SMILES string of the molecule is C[C@H](CCC(=O)Nc1ccc2c(c1)OCO2)[C@@H]1CC[C@@H]2[C@H]3[C@@H](CC[C@@]21C)[C@@]1(C)CC[C@@H](O)C[C@@H]1C[C@@H]3O. The molecule has 3 N–H and O–H groups in total. The molecule has 0 radical (unpaired) electrons. The van der Waals surface area contributed by atoms with E-state index in [9.17, 15) is 15.0 Å². The summed E-state index contributed by atoms with van der Waals surface area (Å²) in [6.07, 6.45) is 9.58. The summed E-state index contributed by atoms with van der Waals surface area (Å²) < 4.78 is 10.8. The molecule has 1 aromatic rings. The Bertz CT molecular complexity index is 1030. The average molecular weight is 512 g/mol. The monoisotopic (exact) mass is 511 g/mol. The standard InChI is InChI=1S/C31H45NO5/c1-18(4-9-28(35)32-20-5-8-26-27(16-20)37-17-36-26)22-6-7-23-29-24(11-13-31(22,23)3)30(2)12-10-21(33)14-19(30)15-25(29)34/h5,8,16,18-19,21-25,29,33-34H,4,6-7,9-15,17H2,1-3H3,(H,32,35)/t18-,19-,21-,22+,23-,24-,25+,29+,30+,31-/m1/s1. The van der Waals surface area contributed by atoms with E-state index in [1.54, 1.807) is 0 Å². The first-order valence-electron chi connectivity index (χ1n) is 14.7. The maximum atomic E-state index is 12.8. The van der Waals surface area contributed by atoms with E-state index in [1.165, 1.54) is 25.7 Å². The Morgan fingerprint density at radius 2 is 1.78 bits per heavy atom. The van der Waals surface area contributed by atoms with Crippen LogP contribution in [0.2, 0.25) is 0 Å². The van der Waals surface area contributed by atoms with Gasteiger partial charge in [-0.05, 0) is 116 Å². The lowest BCUT2D eigenvalue weighted by Crippen LogP contribution is -2.58. The quantitative estimate of drug-likeness (QED) is 0.468. The molecule has 5 aliphatic rings. The van der Waals surface area contributed by atoms with Crippen LogP contribution in [-0.4, -0.2) is 35.1 Å². The van der Waals surface area contributed by atoms with Gasteiger partial charge in [-0.25, -0.2) is 0 Å². The van der Waals surface area contributed by atoms with E-state index in [-0.39, 0.29) is 35.7 Å². The van der Waals surface area contributed by atoms with Crippen molar-refractivity contribution in [3.05, 3.63) is 18.2 Å². The van der Waals surface area contributed by atoms with E-state index < -0.39 is 0 Å². The van der Waals surface area contributed by atoms with Gasteiger partial charge < -0.3 is 25.0 Å². The minimum Gasteiger partial charge on any atom is -0.454 e. The van der Waals surface area contributed by atoms with Crippen LogP contribution in [0.15, 0.2) is 18.2 Å². The van der Waals surface area contributed by atoms with Crippen LogP contribution in [0.25, 0.3) is 0 Å². The van der Waals surface area contributed by atoms with Crippen molar-refractivity contribution in [1.82, 2.24) is 0 Å². The molecule has 204 valence electrons. The van der Waals surface area contributed by atoms with Crippen molar-refractivity contribution in [1.29, 1.82) is 0 Å². The topological polar surface area (TPSA) is 88.0 Å². The molecule has 1 aromatic carbocycles. The van der Waals surface area contributed by atoms with E-state index in [0.29, 0.717) is 47.7 Å². The van der Waals surface area contributed by atoms with Crippen molar-refractivity contribution in [2.75, 3.05) is 12.1 Å². The fourth-order valence-electron chi connectivity index (χ4n) is 9.93. The second-order valence-electron chi connectivity index (χ2n) is 13.6. The van der Waals surface area contributed by atoms with E-state index >= 15 is 0 Å². The summed E-state index contributed by atoms with van der Waals surface area (Å²) in [5, 5.41) is 24.8. The number of rotatable bonds is 5. The highest BCUT2D eigenvalue weighted by molar-refractivity contribution is 5.91. The summed E-state index contributed by atoms with van der Waals surface area (Å²) in [6.45, 7) is 7.55. The minimum atomic E-state index is -0.237. The Hall–Kier alpha value is -1.79. The number of carbonyl (C=O) groups is 1. The second kappa shape index (κ2) is 9.44. The summed E-state index contributed by atoms with van der Waals surface area (Å²) in [5.41, 5.74) is 1.26. The van der Waals surface area contributed by atoms with Crippen molar-refractivity contribution in [2.45, 2.75) is 97.2 Å². The lowest BCUT2D eigenvalue weighted by molar-refractivity contribution is -0.174. The fourth-order valence-corrected chi connectivity index (χ4v) is 9.93. The Labute approximate surface area is 221 Å². The highest BCUT2D eigenvalue weighted by atomic mass is 16.7. The Balaban J connectivity index is 1.09. The zero-order chi connectivity index (χ0) is 25.9. The summed E-state index contributed by atoms with van der Waals surface area (Å²) >= 11 is 0. The first-order valence-corrected chi connectivity index (χ1v) is 14.7. The van der Waals surface area contributed by atoms with Gasteiger partial charge in [0.25, 0.3) is 0 Å². The van der Waals surface area contributed by atoms with E-state index in [2.05, 4.69) is 26.1 Å². The first kappa shape index (κ1) is 25.5. The maximum absolute atomic E-state index is 12.8. The molecule has 10 atom stereocenters. The summed E-state index contributed by atoms with van der Waals surface area (Å²) in [6, 6.07) is 5.54. The van der Waals surface area contributed by atoms with Crippen molar-refractivity contribution in [3.8, 4) is 11.5 Å². The molecular formula is C31H45NO5. The summed E-state index contributed by atoms with van der Waals surface area (Å²) in [7, 11) is 0. The van der Waals surface area contributed by atoms with Gasteiger partial charge in [-0.2, -0.15) is 0 Å². The van der Waals surface area contributed by atoms with Gasteiger partial charge in [-0.15, -0.1) is 0 Å². The van der Waals surface area contributed by atoms with Crippen LogP contribution in [0.1, 0.15) is 85.0 Å². The average Bonchev–Trinajstić information content (AvgIpc) is 3.47. The molecule has 0 spiro atoms. The molecule has 0 saturated heterocycles. The van der Waals surface area contributed by atoms with Crippen molar-refractivity contribution < 1.29 is 24.5 Å². The van der Waals surface area contributed by atoms with Gasteiger partial charge in [0, 0.05) is 18.2 Å². The highest BCUT2D eigenvalue weighted by Crippen LogP contribution is 2.68. The number of hydrogen-bond donors (Lipinski definition) is 3. The molecular weight excluding hydrogens is 466 g/mol. The molecule has 0 bridgehead atoms. The third-order valence-electron chi connectivity index (χ3n) is 11.9. The molecule has 6 nitrogen and oxygen atoms in total. The molecule has 6 rings (SSSR count). The number of benzene rings is 1. The number of carbonyl (C=O) groups excluding carboxylic acids is 1. The molecule has 4 fully saturated rings. The third-order valence-corrected chi connectivity index (χ3v) is 11.9. The molecule has 4 saturated carbocycles. The zero-order valence-electron chi connectivity index (χ0n) is 22.7. The van der Waals surface area contributed by atoms with Gasteiger partial charge in [0.05, 0.1) is 12.2 Å². The van der Waals surface area contributed by atoms with E-state index in [4.69, 9.17) is 9.47 Å². The Morgan fingerprint density at radius 3 is 2.62 bits per heavy atom. The van der Waals surface area contributed by atoms with Gasteiger partial charge in [-0.1, -0.05) is 20.8 Å². The van der Waals surface area contributed by atoms with Crippen molar-refractivity contribution in [3.63, 3.8) is 0 Å². The van der Waals surface area contributed by atoms with Crippen LogP contribution in [0.3, 0.4) is 0 Å². The first-order chi connectivity index (χ1) is 17.7. The summed E-state index contributed by atoms with van der Waals surface area (Å²) in [5.74, 6) is 4.52. The van der Waals surface area contributed by atoms with Crippen LogP contribution < -0.4 is 14.8 Å². The molecule has 0 aromatic heterocycles. The predicted molar refractivity (Wildman–Crippen MR) is 142 cm³/mol. The number of ether oxygens (including phenoxy) is 2. The molecule has 6 heteroatoms. The number of fused-ring (bicyclic) bond motifs is 6. The molecule has 37 heavy (non-hydrogen) atoms. The predicted octanol–water partition coefficient (Wildman–Crippen LogP) is 5.76. The normalized spacial score (nSPS) is 42.9. The number of aliphatic hydroxyl groups is 2. The molecule has 0 unspecified atom stereocenters. The Kier molecular flexibility index (Phi) is 6.50. The number of anilines is 1. The van der Waals surface area contributed by atoms with Crippen LogP contribution in [0.5, 0.6) is 11.5 Å². The fraction of sp³-hybridized carbons (Fsp3) is 0.774. The zero-order valence-corrected chi connectivity index (χ0v) is 22.7. The largest absolute Gasteiger partial charge is 0.454 e. The van der Waals surface area contributed by atoms with Crippen LogP contribution >= 0.6 is 0 Å². The van der Waals surface area contributed by atoms with E-state index in [0.717, 1.165) is 43.5 Å². The Morgan fingerprint density at radius 1 is 1.03 bits per heavy atom. The third kappa shape index (κ3) is 4.27. The number of amides is 1. The van der Waals surface area contributed by atoms with Crippen molar-refractivity contribution in [2.24, 2.45) is 46.3 Å². The van der Waals surface area contributed by atoms with E-state index in [1.807, 2.05) is 18.2 Å². The van der Waals surface area contributed by atoms with Crippen LogP contribution in [-0.2, 0) is 4.79 Å². The number of aliphatic hydroxyl groups excluding tert-OH is 2. The van der Waals surface area contributed by atoms with Crippen LogP contribution in [0, 0.1) is 46.3 Å². The van der Waals surface area contributed by atoms with Crippen LogP contribution in [0.4, 0.5) is 5.69 Å². The number of hydrogen-bond acceptors (Lipinski definition) is 5. The molecule has 1 aliphatic heterocycles. The second-order valence-corrected chi connectivity index (χ2v) is 13.6. The summed E-state index contributed by atoms with van der Waals surface area (Å²) in [4.78, 5) is 12.8. The lowest BCUT2D eigenvalue weighted by Gasteiger charge is -2.62. The minimum absolute atomic E-state index is 0.0512. The molecule has 4 aliphatic carbocycles. The maximum Gasteiger partial charge on any atom is 0.231 e. The van der Waals surface area contributed by atoms with Gasteiger partial charge in [-0.3, -0.25) is 4.79 Å². The van der Waals surface area contributed by atoms with Gasteiger partial charge in [0.15, 0.2) is 11.5 Å². The van der Waals surface area contributed by atoms with Gasteiger partial charge in [0.1, 0.15) is 0 Å². The van der Waals surface area contributed by atoms with Gasteiger partial charge in [0.2, 0.25) is 12.7 Å². The highest BCUT2D eigenvalue weighted by Gasteiger charge is 2.62. The smallest absolute Gasteiger partial charge is 0.231 e. The lowest BCUT2D eigenvalue weighted by atomic mass is 9.43. The van der Waals surface area contributed by atoms with Crippen molar-refractivity contribution >= 4 is 11.6 Å². The van der Waals surface area contributed by atoms with Gasteiger partial charge >= 0.3 is 0 Å². The number of nitrogens with one attached hydrogen (secondary N) is 1. The molecule has 1 amide bonds.